The number of halogens is 3. The van der Waals surface area contributed by atoms with Crippen LogP contribution in [0.2, 0.25) is 0 Å². The molecule has 0 aromatic heterocycles. The van der Waals surface area contributed by atoms with Gasteiger partial charge in [-0.15, -0.1) is 37.2 Å². The Hall–Kier alpha value is 0.220. The Balaban J connectivity index is 0. The fourth-order valence-corrected chi connectivity index (χ4v) is 3.61. The van der Waals surface area contributed by atoms with Gasteiger partial charge in [0.2, 0.25) is 5.91 Å². The number of nitrogens with zero attached hydrogens (tertiary/aromatic N) is 2. The number of likely N-dealkylation sites (N-methyl/N-ethyl adjacent to an activating group) is 1. The number of rotatable bonds is 9. The third-order valence-electron chi connectivity index (χ3n) is 5.37. The first-order chi connectivity index (χ1) is 11.3. The Bertz CT molecular complexity index is 336. The Morgan fingerprint density at radius 1 is 1.00 bits per heavy atom. The van der Waals surface area contributed by atoms with Gasteiger partial charge in [0.1, 0.15) is 0 Å². The van der Waals surface area contributed by atoms with E-state index in [-0.39, 0.29) is 43.1 Å². The van der Waals surface area contributed by atoms with E-state index in [4.69, 9.17) is 0 Å². The Kier molecular flexibility index (Phi) is 18.9. The van der Waals surface area contributed by atoms with Gasteiger partial charge in [-0.1, -0.05) is 6.92 Å². The van der Waals surface area contributed by atoms with Gasteiger partial charge in [-0.2, -0.15) is 0 Å². The number of carbonyl (C=O) groups is 1. The van der Waals surface area contributed by atoms with Crippen LogP contribution in [0.4, 0.5) is 0 Å². The van der Waals surface area contributed by atoms with Gasteiger partial charge in [0.15, 0.2) is 0 Å². The molecule has 2 aliphatic heterocycles. The maximum absolute atomic E-state index is 11.9. The van der Waals surface area contributed by atoms with Crippen LogP contribution in [0.15, 0.2) is 0 Å². The molecular weight excluding hydrogens is 395 g/mol. The van der Waals surface area contributed by atoms with Crippen LogP contribution in [0.25, 0.3) is 0 Å². The van der Waals surface area contributed by atoms with Crippen molar-refractivity contribution in [2.75, 3.05) is 58.9 Å². The lowest BCUT2D eigenvalue weighted by atomic mass is 9.93. The molecule has 2 rings (SSSR count). The molecule has 0 spiro atoms. The predicted molar refractivity (Wildman–Crippen MR) is 117 cm³/mol. The highest BCUT2D eigenvalue weighted by Gasteiger charge is 2.15. The van der Waals surface area contributed by atoms with Crippen molar-refractivity contribution in [3.8, 4) is 0 Å². The molecule has 26 heavy (non-hydrogen) atoms. The second-order valence-corrected chi connectivity index (χ2v) is 7.07. The SMILES string of the molecule is CCN1CCN(CCCCNC(=O)CCC2CCNCC2)CC1.Cl.Cl.Cl. The molecular formula is C18H39Cl3N4O. The number of nitrogens with one attached hydrogen (secondary N) is 2. The van der Waals surface area contributed by atoms with Crippen LogP contribution in [0.1, 0.15) is 45.4 Å². The summed E-state index contributed by atoms with van der Waals surface area (Å²) in [5.74, 6) is 1.00. The standard InChI is InChI=1S/C18H36N4O.3ClH/c1-2-21-13-15-22(16-14-21)12-4-3-9-20-18(23)6-5-17-7-10-19-11-8-17;;;/h17,19H,2-16H2,1H3,(H,20,23);3*1H. The van der Waals surface area contributed by atoms with Crippen molar-refractivity contribution in [1.82, 2.24) is 20.4 Å². The Labute approximate surface area is 178 Å². The third kappa shape index (κ3) is 11.8. The molecule has 0 aromatic rings. The average Bonchev–Trinajstić information content (AvgIpc) is 2.61. The number of hydrogen-bond acceptors (Lipinski definition) is 4. The van der Waals surface area contributed by atoms with Crippen LogP contribution < -0.4 is 10.6 Å². The number of carbonyl (C=O) groups excluding carboxylic acids is 1. The minimum Gasteiger partial charge on any atom is -0.356 e. The van der Waals surface area contributed by atoms with E-state index in [9.17, 15) is 4.79 Å². The molecule has 0 aliphatic carbocycles. The highest BCUT2D eigenvalue weighted by Crippen LogP contribution is 2.17. The largest absolute Gasteiger partial charge is 0.356 e. The molecule has 1 amide bonds. The molecule has 2 saturated heterocycles. The molecule has 0 radical (unpaired) electrons. The smallest absolute Gasteiger partial charge is 0.220 e. The van der Waals surface area contributed by atoms with Crippen molar-refractivity contribution in [3.63, 3.8) is 0 Å². The zero-order chi connectivity index (χ0) is 16.3. The molecule has 2 heterocycles. The van der Waals surface area contributed by atoms with Gasteiger partial charge in [-0.05, 0) is 64.2 Å². The van der Waals surface area contributed by atoms with E-state index >= 15 is 0 Å². The first kappa shape index (κ1) is 28.4. The summed E-state index contributed by atoms with van der Waals surface area (Å²) in [6.07, 6.45) is 6.55. The summed E-state index contributed by atoms with van der Waals surface area (Å²) < 4.78 is 0. The van der Waals surface area contributed by atoms with Gasteiger partial charge in [0, 0.05) is 39.1 Å². The van der Waals surface area contributed by atoms with Gasteiger partial charge in [-0.3, -0.25) is 4.79 Å². The highest BCUT2D eigenvalue weighted by molar-refractivity contribution is 5.86. The highest BCUT2D eigenvalue weighted by atomic mass is 35.5. The van der Waals surface area contributed by atoms with Gasteiger partial charge in [0.25, 0.3) is 0 Å². The monoisotopic (exact) mass is 432 g/mol. The van der Waals surface area contributed by atoms with Crippen molar-refractivity contribution in [3.05, 3.63) is 0 Å². The van der Waals surface area contributed by atoms with Crippen molar-refractivity contribution in [1.29, 1.82) is 0 Å². The van der Waals surface area contributed by atoms with Gasteiger partial charge >= 0.3 is 0 Å². The maximum Gasteiger partial charge on any atom is 0.220 e. The van der Waals surface area contributed by atoms with Crippen LogP contribution in [-0.2, 0) is 4.79 Å². The van der Waals surface area contributed by atoms with E-state index in [2.05, 4.69) is 27.4 Å². The Morgan fingerprint density at radius 2 is 1.62 bits per heavy atom. The maximum atomic E-state index is 11.9. The number of amides is 1. The van der Waals surface area contributed by atoms with Crippen LogP contribution >= 0.6 is 37.2 Å². The quantitative estimate of drug-likeness (QED) is 0.549. The number of unbranched alkanes of at least 4 members (excludes halogenated alkanes) is 1. The van der Waals surface area contributed by atoms with Crippen LogP contribution in [-0.4, -0.2) is 74.6 Å². The molecule has 0 atom stereocenters. The number of piperidine rings is 1. The zero-order valence-electron chi connectivity index (χ0n) is 16.2. The van der Waals surface area contributed by atoms with E-state index in [1.165, 1.54) is 58.5 Å². The molecule has 8 heteroatoms. The van der Waals surface area contributed by atoms with Crippen LogP contribution in [0.3, 0.4) is 0 Å². The number of hydrogen-bond donors (Lipinski definition) is 2. The van der Waals surface area contributed by atoms with E-state index in [1.807, 2.05) is 0 Å². The second-order valence-electron chi connectivity index (χ2n) is 7.07. The van der Waals surface area contributed by atoms with Gasteiger partial charge in [-0.25, -0.2) is 0 Å². The molecule has 0 unspecified atom stereocenters. The first-order valence-corrected chi connectivity index (χ1v) is 9.70. The van der Waals surface area contributed by atoms with Crippen molar-refractivity contribution >= 4 is 43.1 Å². The molecule has 5 nitrogen and oxygen atoms in total. The normalized spacial score (nSPS) is 19.0. The van der Waals surface area contributed by atoms with Crippen LogP contribution in [0.5, 0.6) is 0 Å². The third-order valence-corrected chi connectivity index (χ3v) is 5.37. The molecule has 2 fully saturated rings. The van der Waals surface area contributed by atoms with E-state index in [0.29, 0.717) is 6.42 Å². The summed E-state index contributed by atoms with van der Waals surface area (Å²) in [7, 11) is 0. The van der Waals surface area contributed by atoms with Crippen LogP contribution in [0, 0.1) is 5.92 Å². The lowest BCUT2D eigenvalue weighted by Crippen LogP contribution is -2.46. The minimum atomic E-state index is 0. The summed E-state index contributed by atoms with van der Waals surface area (Å²) in [6, 6.07) is 0. The lowest BCUT2D eigenvalue weighted by molar-refractivity contribution is -0.121. The fraction of sp³-hybridized carbons (Fsp3) is 0.944. The average molecular weight is 434 g/mol. The summed E-state index contributed by atoms with van der Waals surface area (Å²) in [6.45, 7) is 12.5. The number of piperazine rings is 1. The molecule has 0 bridgehead atoms. The van der Waals surface area contributed by atoms with Gasteiger partial charge in [0.05, 0.1) is 0 Å². The Morgan fingerprint density at radius 3 is 2.23 bits per heavy atom. The summed E-state index contributed by atoms with van der Waals surface area (Å²) in [5, 5.41) is 6.47. The van der Waals surface area contributed by atoms with Crippen molar-refractivity contribution in [2.24, 2.45) is 5.92 Å². The summed E-state index contributed by atoms with van der Waals surface area (Å²) in [4.78, 5) is 17.0. The zero-order valence-corrected chi connectivity index (χ0v) is 18.7. The predicted octanol–water partition coefficient (Wildman–Crippen LogP) is 2.57. The van der Waals surface area contributed by atoms with E-state index in [1.54, 1.807) is 0 Å². The molecule has 158 valence electrons. The summed E-state index contributed by atoms with van der Waals surface area (Å²) in [5.41, 5.74) is 0. The van der Waals surface area contributed by atoms with E-state index < -0.39 is 0 Å². The van der Waals surface area contributed by atoms with Crippen molar-refractivity contribution < 1.29 is 4.79 Å². The minimum absolute atomic E-state index is 0. The topological polar surface area (TPSA) is 47.6 Å². The van der Waals surface area contributed by atoms with E-state index in [0.717, 1.165) is 38.4 Å². The van der Waals surface area contributed by atoms with Gasteiger partial charge < -0.3 is 20.4 Å². The lowest BCUT2D eigenvalue weighted by Gasteiger charge is -2.33. The molecule has 2 N–H and O–H groups in total. The second kappa shape index (κ2) is 17.3. The molecule has 0 saturated carbocycles. The molecule has 2 aliphatic rings. The fourth-order valence-electron chi connectivity index (χ4n) is 3.61. The van der Waals surface area contributed by atoms with Crippen molar-refractivity contribution in [2.45, 2.75) is 45.4 Å². The summed E-state index contributed by atoms with van der Waals surface area (Å²) >= 11 is 0. The molecule has 0 aromatic carbocycles. The first-order valence-electron chi connectivity index (χ1n) is 9.70.